The molecule has 1 rings (SSSR count). The molecule has 1 heterocycles. The Labute approximate surface area is 80.6 Å². The first-order valence-corrected chi connectivity index (χ1v) is 4.98. The van der Waals surface area contributed by atoms with Gasteiger partial charge in [0, 0.05) is 18.7 Å². The van der Waals surface area contributed by atoms with E-state index in [-0.39, 0.29) is 5.91 Å². The molecule has 13 heavy (non-hydrogen) atoms. The van der Waals surface area contributed by atoms with Crippen LogP contribution in [0.25, 0.3) is 0 Å². The first-order valence-electron chi connectivity index (χ1n) is 4.98. The Morgan fingerprint density at radius 2 is 2.00 bits per heavy atom. The van der Waals surface area contributed by atoms with E-state index in [9.17, 15) is 4.79 Å². The van der Waals surface area contributed by atoms with Gasteiger partial charge in [-0.3, -0.25) is 4.79 Å². The smallest absolute Gasteiger partial charge is 0.246 e. The number of amides is 1. The molecule has 74 valence electrons. The summed E-state index contributed by atoms with van der Waals surface area (Å²) in [5.74, 6) is 0.825. The zero-order valence-electron chi connectivity index (χ0n) is 9.00. The van der Waals surface area contributed by atoms with Crippen LogP contribution in [0.5, 0.6) is 0 Å². The molecule has 1 saturated heterocycles. The highest BCUT2D eigenvalue weighted by Crippen LogP contribution is 2.23. The van der Waals surface area contributed by atoms with Crippen LogP contribution in [0.2, 0.25) is 0 Å². The summed E-state index contributed by atoms with van der Waals surface area (Å²) >= 11 is 0. The molecule has 0 aliphatic carbocycles. The molecular weight excluding hydrogens is 162 g/mol. The second-order valence-electron chi connectivity index (χ2n) is 4.26. The molecule has 1 amide bonds. The number of hydrogen-bond donors (Lipinski definition) is 0. The highest BCUT2D eigenvalue weighted by molar-refractivity contribution is 5.88. The van der Waals surface area contributed by atoms with Gasteiger partial charge in [-0.25, -0.2) is 0 Å². The molecule has 0 aromatic rings. The summed E-state index contributed by atoms with van der Waals surface area (Å²) in [6, 6.07) is 0.406. The van der Waals surface area contributed by atoms with E-state index >= 15 is 0 Å². The Hall–Kier alpha value is -0.790. The van der Waals surface area contributed by atoms with Crippen LogP contribution in [-0.4, -0.2) is 23.4 Å². The third-order valence-corrected chi connectivity index (χ3v) is 2.84. The van der Waals surface area contributed by atoms with E-state index in [2.05, 4.69) is 13.8 Å². The van der Waals surface area contributed by atoms with E-state index in [4.69, 9.17) is 0 Å². The van der Waals surface area contributed by atoms with Crippen molar-refractivity contribution in [1.82, 2.24) is 4.90 Å². The minimum atomic E-state index is 0.178. The van der Waals surface area contributed by atoms with Crippen molar-refractivity contribution in [2.24, 2.45) is 5.92 Å². The Morgan fingerprint density at radius 3 is 2.38 bits per heavy atom. The maximum absolute atomic E-state index is 11.7. The van der Waals surface area contributed by atoms with Crippen LogP contribution in [0, 0.1) is 5.92 Å². The summed E-state index contributed by atoms with van der Waals surface area (Å²) in [6.07, 6.45) is 2.87. The number of carbonyl (C=O) groups excluding carboxylic acids is 1. The zero-order valence-corrected chi connectivity index (χ0v) is 9.00. The molecule has 0 aromatic carbocycles. The molecule has 1 fully saturated rings. The summed E-state index contributed by atoms with van der Waals surface area (Å²) in [4.78, 5) is 13.6. The van der Waals surface area contributed by atoms with Crippen molar-refractivity contribution >= 4 is 5.91 Å². The molecule has 0 saturated carbocycles. The summed E-state index contributed by atoms with van der Waals surface area (Å²) in [5.41, 5.74) is 1.08. The van der Waals surface area contributed by atoms with Crippen LogP contribution < -0.4 is 0 Å². The van der Waals surface area contributed by atoms with Crippen LogP contribution >= 0.6 is 0 Å². The molecule has 0 bridgehead atoms. The monoisotopic (exact) mass is 181 g/mol. The van der Waals surface area contributed by atoms with Crippen molar-refractivity contribution < 1.29 is 4.79 Å². The average molecular weight is 181 g/mol. The highest BCUT2D eigenvalue weighted by atomic mass is 16.2. The lowest BCUT2D eigenvalue weighted by Gasteiger charge is -2.21. The second-order valence-corrected chi connectivity index (χ2v) is 4.26. The predicted octanol–water partition coefficient (Wildman–Crippen LogP) is 2.21. The maximum Gasteiger partial charge on any atom is 0.246 e. The Kier molecular flexibility index (Phi) is 3.12. The van der Waals surface area contributed by atoms with Gasteiger partial charge in [0.15, 0.2) is 0 Å². The normalized spacial score (nSPS) is 27.5. The SMILES string of the molecule is CC(C)=CC(=O)N1CCC(C)C1C. The first-order chi connectivity index (χ1) is 6.02. The third-order valence-electron chi connectivity index (χ3n) is 2.84. The van der Waals surface area contributed by atoms with Gasteiger partial charge >= 0.3 is 0 Å². The van der Waals surface area contributed by atoms with E-state index in [1.807, 2.05) is 18.7 Å². The van der Waals surface area contributed by atoms with Crippen LogP contribution in [0.3, 0.4) is 0 Å². The van der Waals surface area contributed by atoms with Crippen LogP contribution in [0.4, 0.5) is 0 Å². The van der Waals surface area contributed by atoms with Crippen molar-refractivity contribution in [2.45, 2.75) is 40.2 Å². The zero-order chi connectivity index (χ0) is 10.0. The van der Waals surface area contributed by atoms with E-state index in [0.29, 0.717) is 12.0 Å². The Balaban J connectivity index is 2.64. The lowest BCUT2D eigenvalue weighted by Crippen LogP contribution is -2.34. The van der Waals surface area contributed by atoms with Crippen LogP contribution in [0.15, 0.2) is 11.6 Å². The van der Waals surface area contributed by atoms with E-state index in [0.717, 1.165) is 18.5 Å². The van der Waals surface area contributed by atoms with Crippen LogP contribution in [0.1, 0.15) is 34.1 Å². The number of rotatable bonds is 1. The Morgan fingerprint density at radius 1 is 1.38 bits per heavy atom. The van der Waals surface area contributed by atoms with Gasteiger partial charge in [0.05, 0.1) is 0 Å². The molecule has 0 spiro atoms. The molecule has 2 nitrogen and oxygen atoms in total. The van der Waals surface area contributed by atoms with Gasteiger partial charge in [0.2, 0.25) is 5.91 Å². The molecule has 2 heteroatoms. The van der Waals surface area contributed by atoms with Crippen molar-refractivity contribution in [1.29, 1.82) is 0 Å². The second kappa shape index (κ2) is 3.95. The third kappa shape index (κ3) is 2.33. The van der Waals surface area contributed by atoms with E-state index in [1.54, 1.807) is 6.08 Å². The fourth-order valence-electron chi connectivity index (χ4n) is 1.74. The minimum Gasteiger partial charge on any atom is -0.336 e. The van der Waals surface area contributed by atoms with Crippen molar-refractivity contribution in [3.05, 3.63) is 11.6 Å². The van der Waals surface area contributed by atoms with Gasteiger partial charge in [-0.2, -0.15) is 0 Å². The summed E-state index contributed by atoms with van der Waals surface area (Å²) in [5, 5.41) is 0. The molecular formula is C11H19NO. The van der Waals surface area contributed by atoms with Gasteiger partial charge in [-0.15, -0.1) is 0 Å². The van der Waals surface area contributed by atoms with Crippen molar-refractivity contribution in [3.63, 3.8) is 0 Å². The highest BCUT2D eigenvalue weighted by Gasteiger charge is 2.29. The standard InChI is InChI=1S/C11H19NO/c1-8(2)7-11(13)12-6-5-9(3)10(12)4/h7,9-10H,5-6H2,1-4H3. The minimum absolute atomic E-state index is 0.178. The molecule has 1 aliphatic rings. The number of allylic oxidation sites excluding steroid dienone is 1. The largest absolute Gasteiger partial charge is 0.336 e. The summed E-state index contributed by atoms with van der Waals surface area (Å²) < 4.78 is 0. The quantitative estimate of drug-likeness (QED) is 0.568. The van der Waals surface area contributed by atoms with E-state index < -0.39 is 0 Å². The summed E-state index contributed by atoms with van der Waals surface area (Å²) in [7, 11) is 0. The van der Waals surface area contributed by atoms with Crippen molar-refractivity contribution in [3.8, 4) is 0 Å². The van der Waals surface area contributed by atoms with Gasteiger partial charge < -0.3 is 4.90 Å². The predicted molar refractivity (Wildman–Crippen MR) is 54.4 cm³/mol. The fraction of sp³-hybridized carbons (Fsp3) is 0.727. The van der Waals surface area contributed by atoms with E-state index in [1.165, 1.54) is 0 Å². The van der Waals surface area contributed by atoms with Gasteiger partial charge in [-0.05, 0) is 33.1 Å². The molecule has 2 unspecified atom stereocenters. The van der Waals surface area contributed by atoms with Crippen molar-refractivity contribution in [2.75, 3.05) is 6.54 Å². The van der Waals surface area contributed by atoms with Gasteiger partial charge in [-0.1, -0.05) is 12.5 Å². The van der Waals surface area contributed by atoms with Gasteiger partial charge in [0.25, 0.3) is 0 Å². The number of carbonyl (C=O) groups is 1. The summed E-state index contributed by atoms with van der Waals surface area (Å²) in [6.45, 7) is 9.18. The average Bonchev–Trinajstić information content (AvgIpc) is 2.31. The first kappa shape index (κ1) is 10.3. The topological polar surface area (TPSA) is 20.3 Å². The van der Waals surface area contributed by atoms with Crippen LogP contribution in [-0.2, 0) is 4.79 Å². The molecule has 2 atom stereocenters. The number of likely N-dealkylation sites (tertiary alicyclic amines) is 1. The molecule has 1 aliphatic heterocycles. The molecule has 0 aromatic heterocycles. The maximum atomic E-state index is 11.7. The van der Waals surface area contributed by atoms with Gasteiger partial charge in [0.1, 0.15) is 0 Å². The fourth-order valence-corrected chi connectivity index (χ4v) is 1.74. The number of nitrogens with zero attached hydrogens (tertiary/aromatic N) is 1. The number of hydrogen-bond acceptors (Lipinski definition) is 1. The molecule has 0 radical (unpaired) electrons. The lowest BCUT2D eigenvalue weighted by molar-refractivity contribution is -0.126. The molecule has 0 N–H and O–H groups in total. The Bertz CT molecular complexity index is 228. The lowest BCUT2D eigenvalue weighted by atomic mass is 10.1.